The standard InChI is InChI=1S/C19H25ClF3N3O3/c1-4-26(5-2)18(29)8-6-7-17(28)25(3)12-16(27)24-13-9-10-15(20)14(11-13)19(21,22)23/h9-11H,4-8,12H2,1-3H3,(H,24,27). The highest BCUT2D eigenvalue weighted by molar-refractivity contribution is 6.31. The highest BCUT2D eigenvalue weighted by Gasteiger charge is 2.33. The lowest BCUT2D eigenvalue weighted by Crippen LogP contribution is -2.35. The molecule has 0 aliphatic rings. The topological polar surface area (TPSA) is 69.7 Å². The Morgan fingerprint density at radius 3 is 2.21 bits per heavy atom. The van der Waals surface area contributed by atoms with E-state index in [9.17, 15) is 27.6 Å². The summed E-state index contributed by atoms with van der Waals surface area (Å²) in [7, 11) is 1.41. The van der Waals surface area contributed by atoms with Crippen molar-refractivity contribution in [2.24, 2.45) is 0 Å². The van der Waals surface area contributed by atoms with E-state index in [1.165, 1.54) is 13.1 Å². The molecule has 0 radical (unpaired) electrons. The van der Waals surface area contributed by atoms with Crippen molar-refractivity contribution in [3.63, 3.8) is 0 Å². The summed E-state index contributed by atoms with van der Waals surface area (Å²) in [6.45, 7) is 4.62. The van der Waals surface area contributed by atoms with Crippen molar-refractivity contribution >= 4 is 35.0 Å². The second-order valence-corrected chi connectivity index (χ2v) is 6.82. The van der Waals surface area contributed by atoms with Crippen LogP contribution in [0.3, 0.4) is 0 Å². The number of hydrogen-bond donors (Lipinski definition) is 1. The maximum atomic E-state index is 12.9. The van der Waals surface area contributed by atoms with Crippen molar-refractivity contribution in [3.05, 3.63) is 28.8 Å². The molecule has 29 heavy (non-hydrogen) atoms. The van der Waals surface area contributed by atoms with E-state index in [0.717, 1.165) is 17.0 Å². The van der Waals surface area contributed by atoms with Crippen LogP contribution < -0.4 is 5.32 Å². The van der Waals surface area contributed by atoms with Gasteiger partial charge in [0.05, 0.1) is 17.1 Å². The third-order valence-electron chi connectivity index (χ3n) is 4.26. The van der Waals surface area contributed by atoms with Crippen molar-refractivity contribution < 1.29 is 27.6 Å². The Bertz CT molecular complexity index is 737. The van der Waals surface area contributed by atoms with Gasteiger partial charge in [0, 0.05) is 38.7 Å². The van der Waals surface area contributed by atoms with Crippen LogP contribution in [0, 0.1) is 0 Å². The van der Waals surface area contributed by atoms with E-state index in [-0.39, 0.29) is 36.9 Å². The summed E-state index contributed by atoms with van der Waals surface area (Å²) in [5.41, 5.74) is -1.13. The number of hydrogen-bond acceptors (Lipinski definition) is 3. The minimum absolute atomic E-state index is 0.0357. The summed E-state index contributed by atoms with van der Waals surface area (Å²) >= 11 is 5.54. The number of amides is 3. The normalized spacial score (nSPS) is 11.1. The van der Waals surface area contributed by atoms with E-state index >= 15 is 0 Å². The smallest absolute Gasteiger partial charge is 0.343 e. The molecule has 1 rings (SSSR count). The van der Waals surface area contributed by atoms with Gasteiger partial charge in [-0.05, 0) is 38.5 Å². The second-order valence-electron chi connectivity index (χ2n) is 6.41. The molecule has 0 atom stereocenters. The van der Waals surface area contributed by atoms with Crippen LogP contribution in [0.5, 0.6) is 0 Å². The summed E-state index contributed by atoms with van der Waals surface area (Å²) in [5, 5.41) is 1.85. The molecule has 1 N–H and O–H groups in total. The maximum absolute atomic E-state index is 12.9. The van der Waals surface area contributed by atoms with Crippen LogP contribution >= 0.6 is 11.6 Å². The Hall–Kier alpha value is -2.29. The molecular formula is C19H25ClF3N3O3. The van der Waals surface area contributed by atoms with Gasteiger partial charge in [0.25, 0.3) is 0 Å². The van der Waals surface area contributed by atoms with Gasteiger partial charge >= 0.3 is 6.18 Å². The lowest BCUT2D eigenvalue weighted by Gasteiger charge is -2.19. The third kappa shape index (κ3) is 7.92. The fourth-order valence-electron chi connectivity index (χ4n) is 2.64. The first kappa shape index (κ1) is 24.7. The first-order valence-electron chi connectivity index (χ1n) is 9.17. The second kappa shape index (κ2) is 11.0. The highest BCUT2D eigenvalue weighted by atomic mass is 35.5. The Morgan fingerprint density at radius 2 is 1.66 bits per heavy atom. The van der Waals surface area contributed by atoms with Crippen molar-refractivity contribution in [3.8, 4) is 0 Å². The molecule has 1 aromatic carbocycles. The van der Waals surface area contributed by atoms with Gasteiger partial charge in [-0.25, -0.2) is 0 Å². The number of rotatable bonds is 9. The molecule has 0 spiro atoms. The van der Waals surface area contributed by atoms with E-state index in [1.807, 2.05) is 13.8 Å². The summed E-state index contributed by atoms with van der Waals surface area (Å²) in [6, 6.07) is 3.03. The van der Waals surface area contributed by atoms with E-state index in [2.05, 4.69) is 5.32 Å². The van der Waals surface area contributed by atoms with Gasteiger partial charge in [0.2, 0.25) is 17.7 Å². The van der Waals surface area contributed by atoms with Crippen LogP contribution in [0.15, 0.2) is 18.2 Å². The quantitative estimate of drug-likeness (QED) is 0.641. The van der Waals surface area contributed by atoms with Gasteiger partial charge in [-0.2, -0.15) is 13.2 Å². The molecule has 1 aromatic rings. The number of nitrogens with one attached hydrogen (secondary N) is 1. The van der Waals surface area contributed by atoms with Crippen LogP contribution in [0.25, 0.3) is 0 Å². The molecular weight excluding hydrogens is 411 g/mol. The van der Waals surface area contributed by atoms with Gasteiger partial charge in [-0.15, -0.1) is 0 Å². The van der Waals surface area contributed by atoms with E-state index in [0.29, 0.717) is 19.5 Å². The number of carbonyl (C=O) groups excluding carboxylic acids is 3. The molecule has 6 nitrogen and oxygen atoms in total. The molecule has 0 unspecified atom stereocenters. The molecule has 0 saturated heterocycles. The minimum Gasteiger partial charge on any atom is -0.343 e. The number of nitrogens with zero attached hydrogens (tertiary/aromatic N) is 2. The number of anilines is 1. The lowest BCUT2D eigenvalue weighted by molar-refractivity contribution is -0.137. The number of likely N-dealkylation sites (N-methyl/N-ethyl adjacent to an activating group) is 1. The third-order valence-corrected chi connectivity index (χ3v) is 4.59. The first-order valence-corrected chi connectivity index (χ1v) is 9.55. The molecule has 0 aliphatic heterocycles. The van der Waals surface area contributed by atoms with Crippen LogP contribution in [0.2, 0.25) is 5.02 Å². The average Bonchev–Trinajstić information content (AvgIpc) is 2.63. The monoisotopic (exact) mass is 435 g/mol. The van der Waals surface area contributed by atoms with Crippen LogP contribution in [0.4, 0.5) is 18.9 Å². The Morgan fingerprint density at radius 1 is 1.07 bits per heavy atom. The van der Waals surface area contributed by atoms with E-state index in [1.54, 1.807) is 4.90 Å². The first-order chi connectivity index (χ1) is 13.5. The average molecular weight is 436 g/mol. The zero-order valence-corrected chi connectivity index (χ0v) is 17.4. The van der Waals surface area contributed by atoms with Gasteiger partial charge < -0.3 is 15.1 Å². The molecule has 10 heteroatoms. The van der Waals surface area contributed by atoms with Crippen LogP contribution in [-0.2, 0) is 20.6 Å². The van der Waals surface area contributed by atoms with Crippen molar-refractivity contribution in [1.29, 1.82) is 0 Å². The summed E-state index contributed by atoms with van der Waals surface area (Å²) < 4.78 is 38.6. The van der Waals surface area contributed by atoms with Crippen molar-refractivity contribution in [1.82, 2.24) is 9.80 Å². The van der Waals surface area contributed by atoms with Crippen LogP contribution in [-0.4, -0.2) is 54.2 Å². The Labute approximate surface area is 173 Å². The Balaban J connectivity index is 2.54. The minimum atomic E-state index is -4.65. The number of carbonyl (C=O) groups is 3. The predicted octanol–water partition coefficient (Wildman–Crippen LogP) is 3.79. The largest absolute Gasteiger partial charge is 0.417 e. The highest BCUT2D eigenvalue weighted by Crippen LogP contribution is 2.36. The summed E-state index contributed by atoms with van der Waals surface area (Å²) in [4.78, 5) is 38.9. The number of benzene rings is 1. The maximum Gasteiger partial charge on any atom is 0.417 e. The summed E-state index contributed by atoms with van der Waals surface area (Å²) in [5.74, 6) is -1.01. The molecule has 3 amide bonds. The molecule has 0 saturated carbocycles. The molecule has 0 bridgehead atoms. The van der Waals surface area contributed by atoms with Crippen molar-refractivity contribution in [2.75, 3.05) is 32.0 Å². The molecule has 0 fully saturated rings. The predicted molar refractivity (Wildman–Crippen MR) is 104 cm³/mol. The van der Waals surface area contributed by atoms with Gasteiger partial charge in [-0.3, -0.25) is 14.4 Å². The van der Waals surface area contributed by atoms with E-state index in [4.69, 9.17) is 11.6 Å². The number of halogens is 4. The molecule has 162 valence electrons. The summed E-state index contributed by atoms with van der Waals surface area (Å²) in [6.07, 6.45) is -3.96. The van der Waals surface area contributed by atoms with E-state index < -0.39 is 22.7 Å². The van der Waals surface area contributed by atoms with Gasteiger partial charge in [0.1, 0.15) is 0 Å². The van der Waals surface area contributed by atoms with Crippen molar-refractivity contribution in [2.45, 2.75) is 39.3 Å². The molecule has 0 aromatic heterocycles. The lowest BCUT2D eigenvalue weighted by atomic mass is 10.2. The molecule has 0 aliphatic carbocycles. The van der Waals surface area contributed by atoms with Gasteiger partial charge in [0.15, 0.2) is 0 Å². The van der Waals surface area contributed by atoms with Gasteiger partial charge in [-0.1, -0.05) is 11.6 Å². The Kier molecular flexibility index (Phi) is 9.42. The number of alkyl halides is 3. The fourth-order valence-corrected chi connectivity index (χ4v) is 2.87. The zero-order valence-electron chi connectivity index (χ0n) is 16.6. The SMILES string of the molecule is CCN(CC)C(=O)CCCC(=O)N(C)CC(=O)Nc1ccc(Cl)c(C(F)(F)F)c1. The van der Waals surface area contributed by atoms with Crippen LogP contribution in [0.1, 0.15) is 38.7 Å². The fraction of sp³-hybridized carbons (Fsp3) is 0.526. The molecule has 0 heterocycles. The zero-order chi connectivity index (χ0) is 22.2.